The van der Waals surface area contributed by atoms with E-state index in [0.717, 1.165) is 0 Å². The third-order valence-electron chi connectivity index (χ3n) is 3.37. The van der Waals surface area contributed by atoms with E-state index in [2.05, 4.69) is 6.07 Å². The minimum absolute atomic E-state index is 0.0310. The summed E-state index contributed by atoms with van der Waals surface area (Å²) in [6.07, 6.45) is 0.179. The molecule has 94 valence electrons. The van der Waals surface area contributed by atoms with Crippen molar-refractivity contribution in [3.05, 3.63) is 29.0 Å². The molecule has 0 saturated carbocycles. The first-order chi connectivity index (χ1) is 8.37. The monoisotopic (exact) mass is 266 g/mol. The molecule has 5 heteroatoms. The SMILES string of the molecule is CC1(C)C(C#N)CC(=O)N1c1ccc(F)c(Cl)c1. The lowest BCUT2D eigenvalue weighted by Gasteiger charge is -2.33. The molecule has 0 radical (unpaired) electrons. The van der Waals surface area contributed by atoms with Crippen molar-refractivity contribution >= 4 is 23.2 Å². The standard InChI is InChI=1S/C13H12ClFN2O/c1-13(2)8(7-16)5-12(18)17(13)9-3-4-11(15)10(14)6-9/h3-4,6,8H,5H2,1-2H3. The maximum absolute atomic E-state index is 13.1. The highest BCUT2D eigenvalue weighted by Gasteiger charge is 2.47. The van der Waals surface area contributed by atoms with Gasteiger partial charge in [-0.3, -0.25) is 4.79 Å². The zero-order chi connectivity index (χ0) is 13.5. The van der Waals surface area contributed by atoms with E-state index in [4.69, 9.17) is 16.9 Å². The van der Waals surface area contributed by atoms with Gasteiger partial charge >= 0.3 is 0 Å². The first-order valence-electron chi connectivity index (χ1n) is 5.55. The number of rotatable bonds is 1. The van der Waals surface area contributed by atoms with Gasteiger partial charge in [0.2, 0.25) is 5.91 Å². The first-order valence-corrected chi connectivity index (χ1v) is 5.93. The molecule has 3 nitrogen and oxygen atoms in total. The molecular weight excluding hydrogens is 255 g/mol. The van der Waals surface area contributed by atoms with Crippen molar-refractivity contribution in [2.45, 2.75) is 25.8 Å². The van der Waals surface area contributed by atoms with Crippen molar-refractivity contribution in [1.29, 1.82) is 5.26 Å². The molecule has 1 aliphatic heterocycles. The van der Waals surface area contributed by atoms with Crippen LogP contribution in [0.2, 0.25) is 5.02 Å². The van der Waals surface area contributed by atoms with Crippen LogP contribution in [0, 0.1) is 23.1 Å². The molecule has 1 heterocycles. The highest BCUT2D eigenvalue weighted by atomic mass is 35.5. The first kappa shape index (κ1) is 12.8. The number of amides is 1. The summed E-state index contributed by atoms with van der Waals surface area (Å²) in [6.45, 7) is 3.64. The highest BCUT2D eigenvalue weighted by Crippen LogP contribution is 2.39. The minimum atomic E-state index is -0.618. The summed E-state index contributed by atoms with van der Waals surface area (Å²) in [7, 11) is 0. The summed E-state index contributed by atoms with van der Waals surface area (Å²) in [6, 6.07) is 6.28. The Hall–Kier alpha value is -1.60. The molecule has 1 aromatic carbocycles. The fraction of sp³-hybridized carbons (Fsp3) is 0.385. The Morgan fingerprint density at radius 2 is 2.22 bits per heavy atom. The van der Waals surface area contributed by atoms with Crippen LogP contribution >= 0.6 is 11.6 Å². The van der Waals surface area contributed by atoms with Crippen LogP contribution in [0.5, 0.6) is 0 Å². The average molecular weight is 267 g/mol. The predicted octanol–water partition coefficient (Wildman–Crippen LogP) is 3.13. The fourth-order valence-electron chi connectivity index (χ4n) is 2.30. The van der Waals surface area contributed by atoms with Gasteiger partial charge in [0.1, 0.15) is 5.82 Å². The lowest BCUT2D eigenvalue weighted by atomic mass is 9.89. The quantitative estimate of drug-likeness (QED) is 0.784. The van der Waals surface area contributed by atoms with Crippen molar-refractivity contribution in [2.75, 3.05) is 4.90 Å². The average Bonchev–Trinajstić information content (AvgIpc) is 2.52. The number of hydrogen-bond acceptors (Lipinski definition) is 2. The summed E-state index contributed by atoms with van der Waals surface area (Å²) >= 11 is 5.73. The second kappa shape index (κ2) is 4.25. The maximum Gasteiger partial charge on any atom is 0.228 e. The molecule has 1 aromatic rings. The zero-order valence-electron chi connectivity index (χ0n) is 10.1. The second-order valence-corrected chi connectivity index (χ2v) is 5.27. The number of hydrogen-bond donors (Lipinski definition) is 0. The molecule has 1 aliphatic rings. The Morgan fingerprint density at radius 3 is 2.72 bits per heavy atom. The Bertz CT molecular complexity index is 550. The number of halogens is 2. The van der Waals surface area contributed by atoms with Gasteiger partial charge in [0.05, 0.1) is 22.5 Å². The summed E-state index contributed by atoms with van der Waals surface area (Å²) in [4.78, 5) is 13.5. The van der Waals surface area contributed by atoms with Crippen LogP contribution in [0.3, 0.4) is 0 Å². The third-order valence-corrected chi connectivity index (χ3v) is 3.66. The van der Waals surface area contributed by atoms with Crippen LogP contribution in [0.15, 0.2) is 18.2 Å². The number of benzene rings is 1. The van der Waals surface area contributed by atoms with Gasteiger partial charge in [-0.2, -0.15) is 5.26 Å². The van der Waals surface area contributed by atoms with E-state index in [-0.39, 0.29) is 23.3 Å². The van der Waals surface area contributed by atoms with Gasteiger partial charge in [-0.05, 0) is 32.0 Å². The second-order valence-electron chi connectivity index (χ2n) is 4.87. The molecule has 0 aliphatic carbocycles. The number of carbonyl (C=O) groups excluding carboxylic acids is 1. The number of nitrogens with zero attached hydrogens (tertiary/aromatic N) is 2. The Balaban J connectivity index is 2.47. The molecule has 2 rings (SSSR count). The number of carbonyl (C=O) groups is 1. The van der Waals surface area contributed by atoms with Gasteiger partial charge in [0, 0.05) is 12.1 Å². The van der Waals surface area contributed by atoms with Gasteiger partial charge in [-0.15, -0.1) is 0 Å². The number of nitriles is 1. The Morgan fingerprint density at radius 1 is 1.56 bits per heavy atom. The minimum Gasteiger partial charge on any atom is -0.305 e. The van der Waals surface area contributed by atoms with Crippen molar-refractivity contribution in [2.24, 2.45) is 5.92 Å². The van der Waals surface area contributed by atoms with E-state index >= 15 is 0 Å². The summed E-state index contributed by atoms with van der Waals surface area (Å²) in [5.74, 6) is -1.05. The van der Waals surface area contributed by atoms with Crippen LogP contribution in [0.4, 0.5) is 10.1 Å². The number of anilines is 1. The predicted molar refractivity (Wildman–Crippen MR) is 66.7 cm³/mol. The van der Waals surface area contributed by atoms with Gasteiger partial charge < -0.3 is 4.90 Å². The van der Waals surface area contributed by atoms with E-state index in [9.17, 15) is 9.18 Å². The van der Waals surface area contributed by atoms with Crippen LogP contribution in [-0.2, 0) is 4.79 Å². The molecule has 1 atom stereocenters. The van der Waals surface area contributed by atoms with Crippen LogP contribution in [0.1, 0.15) is 20.3 Å². The molecule has 1 fully saturated rings. The lowest BCUT2D eigenvalue weighted by Crippen LogP contribution is -2.44. The van der Waals surface area contributed by atoms with E-state index in [0.29, 0.717) is 5.69 Å². The molecular formula is C13H12ClFN2O. The molecule has 0 aromatic heterocycles. The van der Waals surface area contributed by atoms with Crippen molar-refractivity contribution in [3.8, 4) is 6.07 Å². The van der Waals surface area contributed by atoms with E-state index in [1.54, 1.807) is 0 Å². The topological polar surface area (TPSA) is 44.1 Å². The molecule has 1 unspecified atom stereocenters. The molecule has 0 spiro atoms. The normalized spacial score (nSPS) is 22.1. The van der Waals surface area contributed by atoms with Crippen LogP contribution in [-0.4, -0.2) is 11.4 Å². The molecule has 0 bridgehead atoms. The summed E-state index contributed by atoms with van der Waals surface area (Å²) in [5, 5.41) is 9.04. The van der Waals surface area contributed by atoms with Crippen molar-refractivity contribution in [3.63, 3.8) is 0 Å². The van der Waals surface area contributed by atoms with E-state index in [1.807, 2.05) is 13.8 Å². The summed E-state index contributed by atoms with van der Waals surface area (Å²) < 4.78 is 13.1. The molecule has 18 heavy (non-hydrogen) atoms. The van der Waals surface area contributed by atoms with Gasteiger partial charge in [-0.25, -0.2) is 4.39 Å². The van der Waals surface area contributed by atoms with Crippen LogP contribution in [0.25, 0.3) is 0 Å². The van der Waals surface area contributed by atoms with Gasteiger partial charge in [-0.1, -0.05) is 11.6 Å². The smallest absolute Gasteiger partial charge is 0.228 e. The maximum atomic E-state index is 13.1. The van der Waals surface area contributed by atoms with Crippen LogP contribution < -0.4 is 4.90 Å². The molecule has 1 saturated heterocycles. The molecule has 0 N–H and O–H groups in total. The Kier molecular flexibility index (Phi) is 3.04. The summed E-state index contributed by atoms with van der Waals surface area (Å²) in [5.41, 5.74) is -0.0957. The Labute approximate surface area is 110 Å². The lowest BCUT2D eigenvalue weighted by molar-refractivity contribution is -0.117. The fourth-order valence-corrected chi connectivity index (χ4v) is 2.47. The van der Waals surface area contributed by atoms with Gasteiger partial charge in [0.15, 0.2) is 0 Å². The van der Waals surface area contributed by atoms with Crippen molar-refractivity contribution < 1.29 is 9.18 Å². The van der Waals surface area contributed by atoms with Crippen molar-refractivity contribution in [1.82, 2.24) is 0 Å². The van der Waals surface area contributed by atoms with E-state index in [1.165, 1.54) is 23.1 Å². The largest absolute Gasteiger partial charge is 0.305 e. The highest BCUT2D eigenvalue weighted by molar-refractivity contribution is 6.31. The van der Waals surface area contributed by atoms with Gasteiger partial charge in [0.25, 0.3) is 0 Å². The molecule has 1 amide bonds. The van der Waals surface area contributed by atoms with E-state index < -0.39 is 11.4 Å². The third kappa shape index (κ3) is 1.85. The zero-order valence-corrected chi connectivity index (χ0v) is 10.8.